The van der Waals surface area contributed by atoms with Crippen LogP contribution in [0.25, 0.3) is 0 Å². The summed E-state index contributed by atoms with van der Waals surface area (Å²) in [6.07, 6.45) is 0. The highest BCUT2D eigenvalue weighted by Crippen LogP contribution is 2.21. The lowest BCUT2D eigenvalue weighted by atomic mass is 10.2. The molecule has 1 amide bonds. The summed E-state index contributed by atoms with van der Waals surface area (Å²) in [5.41, 5.74) is 5.35. The summed E-state index contributed by atoms with van der Waals surface area (Å²) in [4.78, 5) is 35.0. The molecule has 0 saturated heterocycles. The van der Waals surface area contributed by atoms with Crippen molar-refractivity contribution in [3.8, 4) is 5.75 Å². The lowest BCUT2D eigenvalue weighted by Gasteiger charge is -2.09. The van der Waals surface area contributed by atoms with Crippen LogP contribution in [0.5, 0.6) is 5.75 Å². The first-order chi connectivity index (χ1) is 11.0. The molecule has 2 rings (SSSR count). The van der Waals surface area contributed by atoms with Crippen LogP contribution in [0.1, 0.15) is 20.0 Å². The first-order valence-electron chi connectivity index (χ1n) is 6.43. The largest absolute Gasteiger partial charge is 0.481 e. The standard InChI is InChI=1S/C15H12ClNO5S/c16-13-6-5-12(23-13)10(18)7-22-14(19)8-21-11-4-2-1-3-9(11)15(17)20/h1-6H,7-8H2,(H2,17,20). The van der Waals surface area contributed by atoms with Gasteiger partial charge in [0.05, 0.1) is 14.8 Å². The van der Waals surface area contributed by atoms with Gasteiger partial charge in [-0.25, -0.2) is 4.79 Å². The number of hydrogen-bond acceptors (Lipinski definition) is 6. The molecule has 0 spiro atoms. The quantitative estimate of drug-likeness (QED) is 0.608. The van der Waals surface area contributed by atoms with Crippen LogP contribution in [0.3, 0.4) is 0 Å². The van der Waals surface area contributed by atoms with Gasteiger partial charge in [0.1, 0.15) is 5.75 Å². The van der Waals surface area contributed by atoms with Crippen LogP contribution in [0.15, 0.2) is 36.4 Å². The molecular formula is C15H12ClNO5S. The van der Waals surface area contributed by atoms with Crippen LogP contribution < -0.4 is 10.5 Å². The average molecular weight is 354 g/mol. The number of Topliss-reactive ketones (excluding diaryl/α,β-unsaturated/α-hetero) is 1. The van der Waals surface area contributed by atoms with E-state index in [4.69, 9.17) is 26.8 Å². The monoisotopic (exact) mass is 353 g/mol. The molecule has 0 aliphatic rings. The van der Waals surface area contributed by atoms with E-state index in [2.05, 4.69) is 0 Å². The molecule has 0 fully saturated rings. The predicted octanol–water partition coefficient (Wildman–Crippen LogP) is 2.31. The van der Waals surface area contributed by atoms with Crippen LogP contribution in [-0.2, 0) is 9.53 Å². The van der Waals surface area contributed by atoms with Crippen LogP contribution in [0, 0.1) is 0 Å². The fourth-order valence-electron chi connectivity index (χ4n) is 1.66. The van der Waals surface area contributed by atoms with Gasteiger partial charge in [0.15, 0.2) is 13.2 Å². The van der Waals surface area contributed by atoms with Gasteiger partial charge in [0, 0.05) is 0 Å². The first-order valence-corrected chi connectivity index (χ1v) is 7.62. The Morgan fingerprint density at radius 2 is 1.83 bits per heavy atom. The maximum absolute atomic E-state index is 11.8. The van der Waals surface area contributed by atoms with Crippen LogP contribution >= 0.6 is 22.9 Å². The molecule has 2 N–H and O–H groups in total. The Morgan fingerprint density at radius 3 is 2.48 bits per heavy atom. The van der Waals surface area contributed by atoms with E-state index in [1.54, 1.807) is 24.3 Å². The fourth-order valence-corrected chi connectivity index (χ4v) is 2.62. The normalized spacial score (nSPS) is 10.1. The van der Waals surface area contributed by atoms with Crippen molar-refractivity contribution < 1.29 is 23.9 Å². The number of para-hydroxylation sites is 1. The second kappa shape index (κ2) is 7.75. The second-order valence-corrected chi connectivity index (χ2v) is 6.05. The fraction of sp³-hybridized carbons (Fsp3) is 0.133. The van der Waals surface area contributed by atoms with Crippen LogP contribution in [0.2, 0.25) is 4.34 Å². The third kappa shape index (κ3) is 4.80. The summed E-state index contributed by atoms with van der Waals surface area (Å²) < 4.78 is 10.5. The van der Waals surface area contributed by atoms with E-state index >= 15 is 0 Å². The van der Waals surface area contributed by atoms with Crippen LogP contribution in [-0.4, -0.2) is 30.9 Å². The molecule has 6 nitrogen and oxygen atoms in total. The molecule has 8 heteroatoms. The molecule has 120 valence electrons. The van der Waals surface area contributed by atoms with Gasteiger partial charge in [0.25, 0.3) is 5.91 Å². The second-order valence-electron chi connectivity index (χ2n) is 4.34. The zero-order valence-corrected chi connectivity index (χ0v) is 13.4. The molecule has 2 aromatic rings. The van der Waals surface area contributed by atoms with Gasteiger partial charge in [0.2, 0.25) is 5.78 Å². The summed E-state index contributed by atoms with van der Waals surface area (Å²) in [7, 11) is 0. The molecule has 0 atom stereocenters. The summed E-state index contributed by atoms with van der Waals surface area (Å²) >= 11 is 6.83. The Hall–Kier alpha value is -2.38. The Labute approximate surface area is 140 Å². The van der Waals surface area contributed by atoms with Gasteiger partial charge >= 0.3 is 5.97 Å². The van der Waals surface area contributed by atoms with Crippen molar-refractivity contribution in [2.45, 2.75) is 0 Å². The minimum atomic E-state index is -0.736. The number of ketones is 1. The summed E-state index contributed by atoms with van der Waals surface area (Å²) in [5.74, 6) is -1.58. The Bertz CT molecular complexity index is 743. The molecule has 0 aliphatic heterocycles. The lowest BCUT2D eigenvalue weighted by molar-refractivity contribution is -0.144. The Balaban J connectivity index is 1.84. The molecule has 1 aromatic carbocycles. The van der Waals surface area contributed by atoms with Crippen LogP contribution in [0.4, 0.5) is 0 Å². The highest BCUT2D eigenvalue weighted by Gasteiger charge is 2.14. The van der Waals surface area contributed by atoms with Crippen molar-refractivity contribution in [1.29, 1.82) is 0 Å². The number of carbonyl (C=O) groups is 3. The number of nitrogens with two attached hydrogens (primary N) is 1. The third-order valence-electron chi connectivity index (χ3n) is 2.71. The number of halogens is 1. The number of ether oxygens (including phenoxy) is 2. The van der Waals surface area contributed by atoms with Crippen molar-refractivity contribution in [2.24, 2.45) is 5.73 Å². The zero-order chi connectivity index (χ0) is 16.8. The topological polar surface area (TPSA) is 95.7 Å². The molecule has 1 heterocycles. The Morgan fingerprint density at radius 1 is 1.09 bits per heavy atom. The smallest absolute Gasteiger partial charge is 0.344 e. The molecule has 0 aliphatic carbocycles. The molecule has 1 aromatic heterocycles. The SMILES string of the molecule is NC(=O)c1ccccc1OCC(=O)OCC(=O)c1ccc(Cl)s1. The van der Waals surface area contributed by atoms with Gasteiger partial charge in [-0.3, -0.25) is 9.59 Å². The van der Waals surface area contributed by atoms with Crippen molar-refractivity contribution in [3.05, 3.63) is 51.2 Å². The van der Waals surface area contributed by atoms with Gasteiger partial charge in [-0.05, 0) is 24.3 Å². The first kappa shape index (κ1) is 17.0. The molecular weight excluding hydrogens is 342 g/mol. The summed E-state index contributed by atoms with van der Waals surface area (Å²) in [6, 6.07) is 9.39. The maximum Gasteiger partial charge on any atom is 0.344 e. The third-order valence-corrected chi connectivity index (χ3v) is 3.98. The zero-order valence-electron chi connectivity index (χ0n) is 11.8. The number of primary amides is 1. The van der Waals surface area contributed by atoms with E-state index < -0.39 is 25.1 Å². The number of thiophene rings is 1. The lowest BCUT2D eigenvalue weighted by Crippen LogP contribution is -2.20. The number of esters is 1. The molecule has 23 heavy (non-hydrogen) atoms. The summed E-state index contributed by atoms with van der Waals surface area (Å²) in [5, 5.41) is 0. The number of amides is 1. The molecule has 0 saturated carbocycles. The van der Waals surface area contributed by atoms with Crippen molar-refractivity contribution in [3.63, 3.8) is 0 Å². The van der Waals surface area contributed by atoms with E-state index in [9.17, 15) is 14.4 Å². The van der Waals surface area contributed by atoms with Crippen molar-refractivity contribution >= 4 is 40.6 Å². The van der Waals surface area contributed by atoms with Crippen molar-refractivity contribution in [2.75, 3.05) is 13.2 Å². The van der Waals surface area contributed by atoms with E-state index in [-0.39, 0.29) is 17.1 Å². The number of benzene rings is 1. The van der Waals surface area contributed by atoms with Gasteiger partial charge in [-0.1, -0.05) is 23.7 Å². The number of hydrogen-bond donors (Lipinski definition) is 1. The minimum Gasteiger partial charge on any atom is -0.481 e. The predicted molar refractivity (Wildman–Crippen MR) is 85.1 cm³/mol. The average Bonchev–Trinajstić information content (AvgIpc) is 2.97. The summed E-state index contributed by atoms with van der Waals surface area (Å²) in [6.45, 7) is -0.848. The van der Waals surface area contributed by atoms with Crippen molar-refractivity contribution in [1.82, 2.24) is 0 Å². The number of carbonyl (C=O) groups excluding carboxylic acids is 3. The van der Waals surface area contributed by atoms with E-state index in [1.807, 2.05) is 0 Å². The Kier molecular flexibility index (Phi) is 5.72. The molecule has 0 radical (unpaired) electrons. The maximum atomic E-state index is 11.8. The molecule has 0 unspecified atom stereocenters. The minimum absolute atomic E-state index is 0.157. The highest BCUT2D eigenvalue weighted by atomic mass is 35.5. The van der Waals surface area contributed by atoms with Gasteiger partial charge in [-0.2, -0.15) is 0 Å². The van der Waals surface area contributed by atoms with Gasteiger partial charge in [-0.15, -0.1) is 11.3 Å². The number of rotatable bonds is 7. The van der Waals surface area contributed by atoms with E-state index in [1.165, 1.54) is 12.1 Å². The van der Waals surface area contributed by atoms with Gasteiger partial charge < -0.3 is 15.2 Å². The van der Waals surface area contributed by atoms with E-state index in [0.29, 0.717) is 9.21 Å². The molecule has 0 bridgehead atoms. The highest BCUT2D eigenvalue weighted by molar-refractivity contribution is 7.18. The van der Waals surface area contributed by atoms with E-state index in [0.717, 1.165) is 11.3 Å².